The number of halogens is 1. The van der Waals surface area contributed by atoms with Crippen LogP contribution in [0.25, 0.3) is 0 Å². The van der Waals surface area contributed by atoms with Crippen LogP contribution < -0.4 is 5.32 Å². The lowest BCUT2D eigenvalue weighted by atomic mass is 9.90. The Labute approximate surface area is 105 Å². The minimum Gasteiger partial charge on any atom is -0.505 e. The van der Waals surface area contributed by atoms with Gasteiger partial charge in [0.1, 0.15) is 0 Å². The summed E-state index contributed by atoms with van der Waals surface area (Å²) >= 11 is 0. The minimum atomic E-state index is -0.626. The smallest absolute Gasteiger partial charge is 0.165 e. The van der Waals surface area contributed by atoms with E-state index < -0.39 is 11.4 Å². The highest BCUT2D eigenvalue weighted by Crippen LogP contribution is 2.24. The van der Waals surface area contributed by atoms with E-state index in [1.54, 1.807) is 12.1 Å². The number of nitrogens with one attached hydrogen (secondary N) is 1. The minimum absolute atomic E-state index is 0.00639. The number of rotatable bonds is 4. The van der Waals surface area contributed by atoms with Crippen LogP contribution in [0, 0.1) is 5.82 Å². The Morgan fingerprint density at radius 3 is 2.72 bits per heavy atom. The maximum absolute atomic E-state index is 13.2. The van der Waals surface area contributed by atoms with E-state index in [1.165, 1.54) is 6.07 Å². The van der Waals surface area contributed by atoms with Crippen molar-refractivity contribution in [3.05, 3.63) is 29.6 Å². The van der Waals surface area contributed by atoms with Gasteiger partial charge in [0.25, 0.3) is 0 Å². The number of hydrogen-bond donors (Lipinski definition) is 3. The molecule has 0 unspecified atom stereocenters. The topological polar surface area (TPSA) is 61.7 Å². The first-order valence-corrected chi connectivity index (χ1v) is 6.07. The predicted molar refractivity (Wildman–Crippen MR) is 64.8 cm³/mol. The van der Waals surface area contributed by atoms with Crippen LogP contribution in [0.4, 0.5) is 4.39 Å². The van der Waals surface area contributed by atoms with Crippen molar-refractivity contribution in [1.82, 2.24) is 5.32 Å². The fourth-order valence-electron chi connectivity index (χ4n) is 2.14. The number of aliphatic hydroxyl groups is 1. The van der Waals surface area contributed by atoms with Crippen molar-refractivity contribution in [3.63, 3.8) is 0 Å². The Hall–Kier alpha value is -1.17. The van der Waals surface area contributed by atoms with Crippen molar-refractivity contribution in [2.45, 2.75) is 24.9 Å². The van der Waals surface area contributed by atoms with Crippen LogP contribution in [0.1, 0.15) is 18.4 Å². The second-order valence-electron chi connectivity index (χ2n) is 4.65. The van der Waals surface area contributed by atoms with E-state index in [2.05, 4.69) is 5.32 Å². The first kappa shape index (κ1) is 13.3. The molecule has 2 rings (SSSR count). The summed E-state index contributed by atoms with van der Waals surface area (Å²) in [5.74, 6) is -0.954. The summed E-state index contributed by atoms with van der Waals surface area (Å²) in [4.78, 5) is 0. The van der Waals surface area contributed by atoms with Crippen molar-refractivity contribution in [1.29, 1.82) is 0 Å². The highest BCUT2D eigenvalue weighted by molar-refractivity contribution is 5.33. The van der Waals surface area contributed by atoms with Crippen LogP contribution in [0.15, 0.2) is 18.2 Å². The molecule has 0 radical (unpaired) electrons. The standard InChI is InChI=1S/C13H18FNO3/c14-11-3-1-2-10(12(11)17)8-15-13(9-16)4-6-18-7-5-13/h1-3,15-17H,4-9H2. The number of phenolic OH excluding ortho intramolecular Hbond substituents is 1. The molecule has 0 spiro atoms. The summed E-state index contributed by atoms with van der Waals surface area (Å²) in [6.45, 7) is 1.53. The highest BCUT2D eigenvalue weighted by Gasteiger charge is 2.31. The van der Waals surface area contributed by atoms with Gasteiger partial charge in [0.15, 0.2) is 11.6 Å². The number of phenols is 1. The zero-order chi connectivity index (χ0) is 13.0. The number of ether oxygens (including phenoxy) is 1. The van der Waals surface area contributed by atoms with Gasteiger partial charge in [-0.1, -0.05) is 12.1 Å². The molecule has 0 amide bonds. The summed E-state index contributed by atoms with van der Waals surface area (Å²) < 4.78 is 18.4. The van der Waals surface area contributed by atoms with Crippen LogP contribution in [0.3, 0.4) is 0 Å². The lowest BCUT2D eigenvalue weighted by Crippen LogP contribution is -2.51. The van der Waals surface area contributed by atoms with Gasteiger partial charge in [-0.3, -0.25) is 0 Å². The summed E-state index contributed by atoms with van der Waals surface area (Å²) in [7, 11) is 0. The Bertz CT molecular complexity index is 405. The predicted octanol–water partition coefficient (Wildman–Crippen LogP) is 1.16. The molecule has 0 bridgehead atoms. The van der Waals surface area contributed by atoms with Gasteiger partial charge in [0, 0.05) is 30.9 Å². The Morgan fingerprint density at radius 1 is 1.33 bits per heavy atom. The molecule has 1 aliphatic rings. The van der Waals surface area contributed by atoms with Gasteiger partial charge in [0.05, 0.1) is 6.61 Å². The summed E-state index contributed by atoms with van der Waals surface area (Å²) in [5, 5.41) is 22.3. The second kappa shape index (κ2) is 5.65. The number of benzene rings is 1. The van der Waals surface area contributed by atoms with Crippen molar-refractivity contribution in [3.8, 4) is 5.75 Å². The normalized spacial score (nSPS) is 18.8. The molecule has 0 aliphatic carbocycles. The van der Waals surface area contributed by atoms with Gasteiger partial charge in [0.2, 0.25) is 0 Å². The Balaban J connectivity index is 2.03. The van der Waals surface area contributed by atoms with E-state index in [0.29, 0.717) is 38.2 Å². The molecule has 1 aliphatic heterocycles. The van der Waals surface area contributed by atoms with Crippen molar-refractivity contribution >= 4 is 0 Å². The lowest BCUT2D eigenvalue weighted by molar-refractivity contribution is 0.0111. The van der Waals surface area contributed by atoms with E-state index in [9.17, 15) is 14.6 Å². The summed E-state index contributed by atoms with van der Waals surface area (Å²) in [6, 6.07) is 4.44. The molecule has 1 saturated heterocycles. The molecule has 1 aromatic rings. The SMILES string of the molecule is OCC1(NCc2cccc(F)c2O)CCOCC1. The van der Waals surface area contributed by atoms with Gasteiger partial charge < -0.3 is 20.3 Å². The third-order valence-corrected chi connectivity index (χ3v) is 3.48. The molecule has 100 valence electrons. The van der Waals surface area contributed by atoms with Crippen molar-refractivity contribution < 1.29 is 19.3 Å². The fourth-order valence-corrected chi connectivity index (χ4v) is 2.14. The third kappa shape index (κ3) is 2.80. The van der Waals surface area contributed by atoms with Gasteiger partial charge >= 0.3 is 0 Å². The molecule has 4 nitrogen and oxygen atoms in total. The summed E-state index contributed by atoms with van der Waals surface area (Å²) in [6.07, 6.45) is 1.42. The zero-order valence-electron chi connectivity index (χ0n) is 10.2. The Kier molecular flexibility index (Phi) is 4.16. The van der Waals surface area contributed by atoms with E-state index in [-0.39, 0.29) is 12.4 Å². The molecule has 0 aromatic heterocycles. The van der Waals surface area contributed by atoms with Crippen LogP contribution in [0.2, 0.25) is 0 Å². The molecule has 5 heteroatoms. The number of aromatic hydroxyl groups is 1. The molecule has 1 aromatic carbocycles. The number of para-hydroxylation sites is 1. The molecule has 1 heterocycles. The number of hydrogen-bond acceptors (Lipinski definition) is 4. The third-order valence-electron chi connectivity index (χ3n) is 3.48. The van der Waals surface area contributed by atoms with Crippen LogP contribution in [-0.4, -0.2) is 35.6 Å². The average molecular weight is 255 g/mol. The van der Waals surface area contributed by atoms with Crippen LogP contribution in [0.5, 0.6) is 5.75 Å². The van der Waals surface area contributed by atoms with E-state index in [0.717, 1.165) is 0 Å². The maximum atomic E-state index is 13.2. The van der Waals surface area contributed by atoms with E-state index in [1.807, 2.05) is 0 Å². The Morgan fingerprint density at radius 2 is 2.06 bits per heavy atom. The molecular weight excluding hydrogens is 237 g/mol. The van der Waals surface area contributed by atoms with E-state index in [4.69, 9.17) is 4.74 Å². The quantitative estimate of drug-likeness (QED) is 0.755. The average Bonchev–Trinajstić information content (AvgIpc) is 2.41. The van der Waals surface area contributed by atoms with Crippen molar-refractivity contribution in [2.75, 3.05) is 19.8 Å². The largest absolute Gasteiger partial charge is 0.505 e. The molecule has 0 saturated carbocycles. The van der Waals surface area contributed by atoms with Crippen LogP contribution >= 0.6 is 0 Å². The van der Waals surface area contributed by atoms with Gasteiger partial charge in [-0.25, -0.2) is 4.39 Å². The molecular formula is C13H18FNO3. The summed E-state index contributed by atoms with van der Waals surface area (Å²) in [5.41, 5.74) is 0.103. The van der Waals surface area contributed by atoms with Crippen molar-refractivity contribution in [2.24, 2.45) is 0 Å². The fraction of sp³-hybridized carbons (Fsp3) is 0.538. The number of aliphatic hydroxyl groups excluding tert-OH is 1. The first-order chi connectivity index (χ1) is 8.67. The molecule has 1 fully saturated rings. The zero-order valence-corrected chi connectivity index (χ0v) is 10.2. The monoisotopic (exact) mass is 255 g/mol. The first-order valence-electron chi connectivity index (χ1n) is 6.07. The molecule has 18 heavy (non-hydrogen) atoms. The highest BCUT2D eigenvalue weighted by atomic mass is 19.1. The lowest BCUT2D eigenvalue weighted by Gasteiger charge is -2.36. The van der Waals surface area contributed by atoms with Gasteiger partial charge in [-0.05, 0) is 18.9 Å². The van der Waals surface area contributed by atoms with Crippen LogP contribution in [-0.2, 0) is 11.3 Å². The maximum Gasteiger partial charge on any atom is 0.165 e. The molecule has 3 N–H and O–H groups in total. The van der Waals surface area contributed by atoms with E-state index >= 15 is 0 Å². The van der Waals surface area contributed by atoms with Gasteiger partial charge in [-0.2, -0.15) is 0 Å². The second-order valence-corrected chi connectivity index (χ2v) is 4.65. The molecule has 0 atom stereocenters. The van der Waals surface area contributed by atoms with Gasteiger partial charge in [-0.15, -0.1) is 0 Å².